The molecule has 1 amide bonds. The number of nitrogens with zero attached hydrogens (tertiary/aromatic N) is 1. The number of benzene rings is 2. The molecule has 2 rings (SSSR count). The molecular formula is C16H16N2O. The second-order valence-corrected chi connectivity index (χ2v) is 4.69. The van der Waals surface area contributed by atoms with E-state index in [-0.39, 0.29) is 11.8 Å². The Kier molecular flexibility index (Phi) is 4.15. The molecule has 3 nitrogen and oxygen atoms in total. The van der Waals surface area contributed by atoms with Gasteiger partial charge in [-0.2, -0.15) is 5.26 Å². The van der Waals surface area contributed by atoms with Gasteiger partial charge in [0.05, 0.1) is 18.4 Å². The monoisotopic (exact) mass is 252 g/mol. The van der Waals surface area contributed by atoms with E-state index in [0.717, 1.165) is 10.9 Å². The second kappa shape index (κ2) is 6.01. The Labute approximate surface area is 112 Å². The van der Waals surface area contributed by atoms with Crippen molar-refractivity contribution in [2.45, 2.75) is 13.3 Å². The molecule has 0 radical (unpaired) electrons. The molecule has 0 aliphatic rings. The third-order valence-electron chi connectivity index (χ3n) is 3.00. The summed E-state index contributed by atoms with van der Waals surface area (Å²) >= 11 is 0. The molecule has 0 heterocycles. The molecule has 2 aromatic rings. The molecule has 19 heavy (non-hydrogen) atoms. The van der Waals surface area contributed by atoms with Crippen molar-refractivity contribution in [1.82, 2.24) is 5.32 Å². The van der Waals surface area contributed by atoms with Gasteiger partial charge in [-0.15, -0.1) is 0 Å². The van der Waals surface area contributed by atoms with Crippen LogP contribution in [0.2, 0.25) is 0 Å². The van der Waals surface area contributed by atoms with Gasteiger partial charge < -0.3 is 5.32 Å². The molecule has 1 unspecified atom stereocenters. The van der Waals surface area contributed by atoms with E-state index in [0.29, 0.717) is 13.0 Å². The van der Waals surface area contributed by atoms with Crippen molar-refractivity contribution in [2.24, 2.45) is 5.92 Å². The lowest BCUT2D eigenvalue weighted by atomic mass is 10.0. The van der Waals surface area contributed by atoms with E-state index in [1.54, 1.807) is 6.92 Å². The molecule has 0 fully saturated rings. The molecule has 3 heteroatoms. The summed E-state index contributed by atoms with van der Waals surface area (Å²) in [6.45, 7) is 2.19. The van der Waals surface area contributed by atoms with Crippen LogP contribution in [0.25, 0.3) is 10.8 Å². The van der Waals surface area contributed by atoms with Crippen LogP contribution in [-0.2, 0) is 11.2 Å². The van der Waals surface area contributed by atoms with Crippen LogP contribution in [-0.4, -0.2) is 12.5 Å². The first-order chi connectivity index (χ1) is 9.19. The average Bonchev–Trinajstić information content (AvgIpc) is 2.44. The minimum Gasteiger partial charge on any atom is -0.355 e. The van der Waals surface area contributed by atoms with Crippen molar-refractivity contribution in [3.05, 3.63) is 48.0 Å². The van der Waals surface area contributed by atoms with Crippen LogP contribution in [0, 0.1) is 17.2 Å². The number of hydrogen-bond acceptors (Lipinski definition) is 2. The van der Waals surface area contributed by atoms with Crippen LogP contribution in [0.15, 0.2) is 42.5 Å². The summed E-state index contributed by atoms with van der Waals surface area (Å²) in [4.78, 5) is 11.7. The quantitative estimate of drug-likeness (QED) is 0.909. The maximum atomic E-state index is 11.7. The summed E-state index contributed by atoms with van der Waals surface area (Å²) in [6, 6.07) is 16.2. The van der Waals surface area contributed by atoms with Gasteiger partial charge in [-0.05, 0) is 23.3 Å². The fourth-order valence-electron chi connectivity index (χ4n) is 1.91. The first-order valence-electron chi connectivity index (χ1n) is 6.33. The second-order valence-electron chi connectivity index (χ2n) is 4.69. The zero-order chi connectivity index (χ0) is 13.7. The first-order valence-corrected chi connectivity index (χ1v) is 6.33. The van der Waals surface area contributed by atoms with Crippen molar-refractivity contribution in [1.29, 1.82) is 5.26 Å². The molecule has 0 aliphatic heterocycles. The van der Waals surface area contributed by atoms with Gasteiger partial charge in [0.15, 0.2) is 0 Å². The number of hydrogen-bond donors (Lipinski definition) is 1. The summed E-state index contributed by atoms with van der Waals surface area (Å²) in [5.74, 6) is -0.196. The van der Waals surface area contributed by atoms with Gasteiger partial charge in [0.2, 0.25) is 5.91 Å². The predicted molar refractivity (Wildman–Crippen MR) is 75.4 cm³/mol. The van der Waals surface area contributed by atoms with Gasteiger partial charge in [0.1, 0.15) is 0 Å². The van der Waals surface area contributed by atoms with Crippen LogP contribution in [0.5, 0.6) is 0 Å². The van der Waals surface area contributed by atoms with E-state index in [1.165, 1.54) is 5.39 Å². The summed E-state index contributed by atoms with van der Waals surface area (Å²) in [5.41, 5.74) is 0.987. The highest BCUT2D eigenvalue weighted by molar-refractivity contribution is 5.85. The Hall–Kier alpha value is -2.34. The standard InChI is InChI=1S/C16H16N2O/c1-12(10-17)11-18-16(19)9-13-6-7-14-4-2-3-5-15(14)8-13/h2-8,12H,9,11H2,1H3,(H,18,19). The Morgan fingerprint density at radius 1 is 1.26 bits per heavy atom. The van der Waals surface area contributed by atoms with Crippen molar-refractivity contribution >= 4 is 16.7 Å². The molecule has 0 bridgehead atoms. The third kappa shape index (κ3) is 3.56. The molecule has 1 N–H and O–H groups in total. The largest absolute Gasteiger partial charge is 0.355 e. The van der Waals surface area contributed by atoms with E-state index in [1.807, 2.05) is 42.5 Å². The van der Waals surface area contributed by atoms with E-state index >= 15 is 0 Å². The summed E-state index contributed by atoms with van der Waals surface area (Å²) < 4.78 is 0. The lowest BCUT2D eigenvalue weighted by Gasteiger charge is -2.07. The average molecular weight is 252 g/mol. The Morgan fingerprint density at radius 2 is 2.00 bits per heavy atom. The molecule has 96 valence electrons. The van der Waals surface area contributed by atoms with Crippen LogP contribution in [0.3, 0.4) is 0 Å². The third-order valence-corrected chi connectivity index (χ3v) is 3.00. The smallest absolute Gasteiger partial charge is 0.224 e. The Balaban J connectivity index is 2.01. The lowest BCUT2D eigenvalue weighted by molar-refractivity contribution is -0.120. The van der Waals surface area contributed by atoms with Gasteiger partial charge in [0, 0.05) is 6.54 Å². The van der Waals surface area contributed by atoms with Crippen LogP contribution < -0.4 is 5.32 Å². The molecule has 1 atom stereocenters. The van der Waals surface area contributed by atoms with E-state index < -0.39 is 0 Å². The molecular weight excluding hydrogens is 236 g/mol. The highest BCUT2D eigenvalue weighted by Gasteiger charge is 2.06. The topological polar surface area (TPSA) is 52.9 Å². The molecule has 0 aromatic heterocycles. The zero-order valence-electron chi connectivity index (χ0n) is 10.9. The lowest BCUT2D eigenvalue weighted by Crippen LogP contribution is -2.29. The van der Waals surface area contributed by atoms with Crippen molar-refractivity contribution < 1.29 is 4.79 Å². The first kappa shape index (κ1) is 13.1. The number of amides is 1. The number of carbonyl (C=O) groups is 1. The van der Waals surface area contributed by atoms with Crippen LogP contribution >= 0.6 is 0 Å². The minimum atomic E-state index is -0.152. The highest BCUT2D eigenvalue weighted by Crippen LogP contribution is 2.15. The van der Waals surface area contributed by atoms with Crippen molar-refractivity contribution in [2.75, 3.05) is 6.54 Å². The SMILES string of the molecule is CC(C#N)CNC(=O)Cc1ccc2ccccc2c1. The fourth-order valence-corrected chi connectivity index (χ4v) is 1.91. The van der Waals surface area contributed by atoms with E-state index in [9.17, 15) is 4.79 Å². The number of fused-ring (bicyclic) bond motifs is 1. The summed E-state index contributed by atoms with van der Waals surface area (Å²) in [6.07, 6.45) is 0.350. The zero-order valence-corrected chi connectivity index (χ0v) is 10.9. The van der Waals surface area contributed by atoms with E-state index in [4.69, 9.17) is 5.26 Å². The van der Waals surface area contributed by atoms with Crippen molar-refractivity contribution in [3.8, 4) is 6.07 Å². The van der Waals surface area contributed by atoms with E-state index in [2.05, 4.69) is 11.4 Å². The van der Waals surface area contributed by atoms with Gasteiger partial charge >= 0.3 is 0 Å². The van der Waals surface area contributed by atoms with Gasteiger partial charge in [0.25, 0.3) is 0 Å². The fraction of sp³-hybridized carbons (Fsp3) is 0.250. The van der Waals surface area contributed by atoms with Crippen LogP contribution in [0.1, 0.15) is 12.5 Å². The maximum Gasteiger partial charge on any atom is 0.224 e. The van der Waals surface area contributed by atoms with Gasteiger partial charge in [-0.25, -0.2) is 0 Å². The summed E-state index contributed by atoms with van der Waals surface area (Å²) in [5, 5.41) is 13.7. The molecule has 0 saturated carbocycles. The molecule has 0 saturated heterocycles. The number of carbonyl (C=O) groups excluding carboxylic acids is 1. The predicted octanol–water partition coefficient (Wildman–Crippen LogP) is 2.66. The normalized spacial score (nSPS) is 11.8. The Morgan fingerprint density at radius 3 is 2.74 bits per heavy atom. The minimum absolute atomic E-state index is 0.0441. The van der Waals surface area contributed by atoms with Crippen LogP contribution in [0.4, 0.5) is 0 Å². The number of nitriles is 1. The van der Waals surface area contributed by atoms with Gasteiger partial charge in [-0.3, -0.25) is 4.79 Å². The molecule has 2 aromatic carbocycles. The number of rotatable bonds is 4. The summed E-state index contributed by atoms with van der Waals surface area (Å²) in [7, 11) is 0. The Bertz CT molecular complexity index is 628. The highest BCUT2D eigenvalue weighted by atomic mass is 16.1. The van der Waals surface area contributed by atoms with Gasteiger partial charge in [-0.1, -0.05) is 42.5 Å². The number of nitrogens with one attached hydrogen (secondary N) is 1. The van der Waals surface area contributed by atoms with Crippen molar-refractivity contribution in [3.63, 3.8) is 0 Å². The molecule has 0 spiro atoms. The maximum absolute atomic E-state index is 11.7. The molecule has 0 aliphatic carbocycles.